The molecule has 3 aromatic carbocycles. The van der Waals surface area contributed by atoms with E-state index in [0.717, 1.165) is 11.3 Å². The summed E-state index contributed by atoms with van der Waals surface area (Å²) in [5.74, 6) is 0.599. The molecule has 0 aliphatic carbocycles. The fraction of sp³-hybridized carbons (Fsp3) is 0.323. The second-order valence-electron chi connectivity index (χ2n) is 10.3. The van der Waals surface area contributed by atoms with Crippen LogP contribution in [0, 0.1) is 6.92 Å². The predicted octanol–water partition coefficient (Wildman–Crippen LogP) is 3.93. The SMILES string of the molecule is COc1cc(OC)cc(C(=O)N2CCC3(CC2)C(=O)N(CC(=O)Nc2cccc(C)c2)CN3c2ccccc2)c1. The average Bonchev–Trinajstić information content (AvgIpc) is 3.23. The van der Waals surface area contributed by atoms with E-state index in [0.29, 0.717) is 55.3 Å². The zero-order chi connectivity index (χ0) is 28.3. The average molecular weight is 543 g/mol. The monoisotopic (exact) mass is 542 g/mol. The number of ether oxygens (including phenoxy) is 2. The first-order valence-corrected chi connectivity index (χ1v) is 13.3. The normalized spacial score (nSPS) is 16.3. The van der Waals surface area contributed by atoms with E-state index in [2.05, 4.69) is 10.2 Å². The summed E-state index contributed by atoms with van der Waals surface area (Å²) in [5.41, 5.74) is 2.28. The number of amides is 3. The summed E-state index contributed by atoms with van der Waals surface area (Å²) in [5, 5.41) is 2.91. The quantitative estimate of drug-likeness (QED) is 0.487. The molecular weight excluding hydrogens is 508 g/mol. The van der Waals surface area contributed by atoms with Crippen LogP contribution in [0.5, 0.6) is 11.5 Å². The van der Waals surface area contributed by atoms with Crippen LogP contribution in [0.25, 0.3) is 0 Å². The number of nitrogens with zero attached hydrogens (tertiary/aromatic N) is 3. The van der Waals surface area contributed by atoms with Gasteiger partial charge in [-0.1, -0.05) is 30.3 Å². The molecule has 0 unspecified atom stereocenters. The number of likely N-dealkylation sites (tertiary alicyclic amines) is 1. The Bertz CT molecular complexity index is 1380. The van der Waals surface area contributed by atoms with Crippen LogP contribution in [0.3, 0.4) is 0 Å². The van der Waals surface area contributed by atoms with E-state index in [1.165, 1.54) is 0 Å². The van der Waals surface area contributed by atoms with Crippen molar-refractivity contribution >= 4 is 29.1 Å². The number of nitrogens with one attached hydrogen (secondary N) is 1. The molecule has 2 saturated heterocycles. The number of aryl methyl sites for hydroxylation is 1. The van der Waals surface area contributed by atoms with Crippen LogP contribution >= 0.6 is 0 Å². The molecule has 3 amide bonds. The van der Waals surface area contributed by atoms with Gasteiger partial charge >= 0.3 is 0 Å². The fourth-order valence-electron chi connectivity index (χ4n) is 5.61. The van der Waals surface area contributed by atoms with Crippen LogP contribution in [0.15, 0.2) is 72.8 Å². The first kappa shape index (κ1) is 27.1. The molecule has 208 valence electrons. The number of carbonyl (C=O) groups excluding carboxylic acids is 3. The maximum absolute atomic E-state index is 14.0. The van der Waals surface area contributed by atoms with Crippen LogP contribution in [-0.2, 0) is 9.59 Å². The van der Waals surface area contributed by atoms with E-state index >= 15 is 0 Å². The van der Waals surface area contributed by atoms with Gasteiger partial charge in [0.05, 0.1) is 20.9 Å². The van der Waals surface area contributed by atoms with Gasteiger partial charge < -0.3 is 29.5 Å². The number of hydrogen-bond acceptors (Lipinski definition) is 6. The molecule has 3 aromatic rings. The maximum atomic E-state index is 14.0. The lowest BCUT2D eigenvalue weighted by Gasteiger charge is -2.43. The third kappa shape index (κ3) is 5.32. The highest BCUT2D eigenvalue weighted by atomic mass is 16.5. The topological polar surface area (TPSA) is 91.4 Å². The summed E-state index contributed by atoms with van der Waals surface area (Å²) in [6.07, 6.45) is 0.896. The van der Waals surface area contributed by atoms with Gasteiger partial charge in [-0.25, -0.2) is 0 Å². The third-order valence-electron chi connectivity index (χ3n) is 7.69. The van der Waals surface area contributed by atoms with Gasteiger partial charge in [-0.05, 0) is 61.7 Å². The molecule has 0 saturated carbocycles. The number of anilines is 2. The van der Waals surface area contributed by atoms with Crippen molar-refractivity contribution in [3.05, 3.63) is 83.9 Å². The van der Waals surface area contributed by atoms with Gasteiger partial charge in [-0.2, -0.15) is 0 Å². The molecule has 9 heteroatoms. The Hall–Kier alpha value is -4.53. The van der Waals surface area contributed by atoms with Gasteiger partial charge in [0, 0.05) is 36.1 Å². The second-order valence-corrected chi connectivity index (χ2v) is 10.3. The molecule has 0 aromatic heterocycles. The summed E-state index contributed by atoms with van der Waals surface area (Å²) in [6, 6.07) is 22.5. The minimum Gasteiger partial charge on any atom is -0.497 e. The number of piperidine rings is 1. The van der Waals surface area contributed by atoms with Gasteiger partial charge in [-0.15, -0.1) is 0 Å². The number of benzene rings is 3. The standard InChI is InChI=1S/C31H34N4O5/c1-22-8-7-9-24(16-22)32-28(36)20-34-21-35(25-10-5-4-6-11-25)31(30(34)38)12-14-33(15-13-31)29(37)23-17-26(39-2)19-27(18-23)40-3/h4-11,16-19H,12-15,20-21H2,1-3H3,(H,32,36). The maximum Gasteiger partial charge on any atom is 0.254 e. The Morgan fingerprint density at radius 1 is 0.900 bits per heavy atom. The van der Waals surface area contributed by atoms with Crippen LogP contribution in [0.1, 0.15) is 28.8 Å². The van der Waals surface area contributed by atoms with E-state index in [-0.39, 0.29) is 24.3 Å². The second kappa shape index (κ2) is 11.3. The van der Waals surface area contributed by atoms with Gasteiger partial charge in [-0.3, -0.25) is 14.4 Å². The van der Waals surface area contributed by atoms with Crippen molar-refractivity contribution in [3.8, 4) is 11.5 Å². The van der Waals surface area contributed by atoms with Crippen LogP contribution in [0.4, 0.5) is 11.4 Å². The first-order valence-electron chi connectivity index (χ1n) is 13.3. The molecule has 2 aliphatic rings. The summed E-state index contributed by atoms with van der Waals surface area (Å²) in [7, 11) is 3.09. The summed E-state index contributed by atoms with van der Waals surface area (Å²) in [6.45, 7) is 3.01. The molecule has 1 N–H and O–H groups in total. The highest BCUT2D eigenvalue weighted by molar-refractivity contribution is 6.00. The van der Waals surface area contributed by atoms with Gasteiger partial charge in [0.15, 0.2) is 0 Å². The van der Waals surface area contributed by atoms with Crippen molar-refractivity contribution in [3.63, 3.8) is 0 Å². The largest absolute Gasteiger partial charge is 0.497 e. The smallest absolute Gasteiger partial charge is 0.254 e. The van der Waals surface area contributed by atoms with E-state index in [4.69, 9.17) is 9.47 Å². The Kier molecular flexibility index (Phi) is 7.64. The van der Waals surface area contributed by atoms with E-state index in [1.54, 1.807) is 42.2 Å². The Labute approximate surface area is 234 Å². The molecule has 9 nitrogen and oxygen atoms in total. The minimum atomic E-state index is -0.839. The van der Waals surface area contributed by atoms with Crippen molar-refractivity contribution in [2.75, 3.05) is 50.7 Å². The Morgan fingerprint density at radius 3 is 2.20 bits per heavy atom. The lowest BCUT2D eigenvalue weighted by molar-refractivity contribution is -0.136. The van der Waals surface area contributed by atoms with E-state index in [1.807, 2.05) is 61.5 Å². The molecule has 2 heterocycles. The van der Waals surface area contributed by atoms with Crippen LogP contribution in [0.2, 0.25) is 0 Å². The lowest BCUT2D eigenvalue weighted by Crippen LogP contribution is -2.57. The number of rotatable bonds is 7. The van der Waals surface area contributed by atoms with Crippen molar-refractivity contribution in [1.82, 2.24) is 9.80 Å². The van der Waals surface area contributed by atoms with Gasteiger partial charge in [0.25, 0.3) is 11.8 Å². The zero-order valence-corrected chi connectivity index (χ0v) is 23.1. The van der Waals surface area contributed by atoms with Gasteiger partial charge in [0.1, 0.15) is 23.6 Å². The van der Waals surface area contributed by atoms with Crippen LogP contribution in [-0.4, -0.2) is 73.6 Å². The zero-order valence-electron chi connectivity index (χ0n) is 23.1. The highest BCUT2D eigenvalue weighted by Crippen LogP contribution is 2.40. The molecule has 5 rings (SSSR count). The highest BCUT2D eigenvalue weighted by Gasteiger charge is 2.54. The summed E-state index contributed by atoms with van der Waals surface area (Å²) in [4.78, 5) is 45.8. The van der Waals surface area contributed by atoms with Crippen molar-refractivity contribution < 1.29 is 23.9 Å². The molecule has 0 bridgehead atoms. The lowest BCUT2D eigenvalue weighted by atomic mass is 9.85. The minimum absolute atomic E-state index is 0.0515. The molecule has 2 fully saturated rings. The fourth-order valence-corrected chi connectivity index (χ4v) is 5.61. The van der Waals surface area contributed by atoms with Crippen LogP contribution < -0.4 is 19.7 Å². The molecular formula is C31H34N4O5. The Balaban J connectivity index is 1.34. The van der Waals surface area contributed by atoms with Crippen molar-refractivity contribution in [1.29, 1.82) is 0 Å². The summed E-state index contributed by atoms with van der Waals surface area (Å²) >= 11 is 0. The number of methoxy groups -OCH3 is 2. The Morgan fingerprint density at radius 2 is 1.57 bits per heavy atom. The van der Waals surface area contributed by atoms with E-state index < -0.39 is 5.54 Å². The molecule has 2 aliphatic heterocycles. The van der Waals surface area contributed by atoms with E-state index in [9.17, 15) is 14.4 Å². The number of carbonyl (C=O) groups is 3. The molecule has 0 radical (unpaired) electrons. The van der Waals surface area contributed by atoms with Gasteiger partial charge in [0.2, 0.25) is 5.91 Å². The molecule has 40 heavy (non-hydrogen) atoms. The molecule has 0 atom stereocenters. The number of hydrogen-bond donors (Lipinski definition) is 1. The van der Waals surface area contributed by atoms with Crippen molar-refractivity contribution in [2.45, 2.75) is 25.3 Å². The summed E-state index contributed by atoms with van der Waals surface area (Å²) < 4.78 is 10.7. The predicted molar refractivity (Wildman–Crippen MR) is 153 cm³/mol. The first-order chi connectivity index (χ1) is 19.3. The third-order valence-corrected chi connectivity index (χ3v) is 7.69. The van der Waals surface area contributed by atoms with Crippen molar-refractivity contribution in [2.24, 2.45) is 0 Å². The molecule has 1 spiro atoms. The number of para-hydroxylation sites is 1.